The molecule has 0 radical (unpaired) electrons. The molecule has 0 spiro atoms. The lowest BCUT2D eigenvalue weighted by atomic mass is 10.1. The lowest BCUT2D eigenvalue weighted by Gasteiger charge is -2.30. The van der Waals surface area contributed by atoms with Crippen molar-refractivity contribution in [1.29, 1.82) is 0 Å². The first-order valence-corrected chi connectivity index (χ1v) is 7.93. The van der Waals surface area contributed by atoms with Crippen LogP contribution in [0.4, 0.5) is 0 Å². The number of nitrogens with zero attached hydrogens (tertiary/aromatic N) is 2. The van der Waals surface area contributed by atoms with Gasteiger partial charge in [-0.3, -0.25) is 5.01 Å². The van der Waals surface area contributed by atoms with E-state index in [1.54, 1.807) is 17.4 Å². The molecule has 1 aliphatic rings. The SMILES string of the molecule is Cc1ccc(C[NH+]2CCN(/N=C/c3ccco3)CC2)c(C)c1. The standard InChI is InChI=1S/C18H23N3O/c1-15-5-6-17(16(2)12-15)14-20-7-9-21(10-8-20)19-13-18-4-3-11-22-18/h3-6,11-13H,7-10,14H2,1-2H3/p+1/b19-13+. The topological polar surface area (TPSA) is 33.2 Å². The predicted molar refractivity (Wildman–Crippen MR) is 88.2 cm³/mol. The van der Waals surface area contributed by atoms with Crippen LogP contribution in [0.1, 0.15) is 22.5 Å². The summed E-state index contributed by atoms with van der Waals surface area (Å²) >= 11 is 0. The predicted octanol–water partition coefficient (Wildman–Crippen LogP) is 1.63. The highest BCUT2D eigenvalue weighted by Crippen LogP contribution is 2.09. The Bertz CT molecular complexity index is 626. The summed E-state index contributed by atoms with van der Waals surface area (Å²) in [4.78, 5) is 1.64. The van der Waals surface area contributed by atoms with Crippen molar-refractivity contribution in [3.63, 3.8) is 0 Å². The van der Waals surface area contributed by atoms with Crippen LogP contribution >= 0.6 is 0 Å². The number of furan rings is 1. The van der Waals surface area contributed by atoms with Crippen LogP contribution in [-0.2, 0) is 6.54 Å². The van der Waals surface area contributed by atoms with E-state index in [4.69, 9.17) is 4.42 Å². The second-order valence-electron chi connectivity index (χ2n) is 6.07. The van der Waals surface area contributed by atoms with Gasteiger partial charge in [-0.05, 0) is 31.5 Å². The molecule has 0 amide bonds. The Balaban J connectivity index is 1.51. The number of hydrazone groups is 1. The van der Waals surface area contributed by atoms with Crippen molar-refractivity contribution in [3.8, 4) is 0 Å². The molecule has 1 N–H and O–H groups in total. The normalized spacial score (nSPS) is 16.5. The second kappa shape index (κ2) is 6.79. The first kappa shape index (κ1) is 14.9. The van der Waals surface area contributed by atoms with E-state index in [0.29, 0.717) is 0 Å². The molecule has 4 heteroatoms. The number of benzene rings is 1. The van der Waals surface area contributed by atoms with Crippen molar-refractivity contribution >= 4 is 6.21 Å². The first-order valence-electron chi connectivity index (χ1n) is 7.93. The van der Waals surface area contributed by atoms with Crippen LogP contribution < -0.4 is 4.90 Å². The van der Waals surface area contributed by atoms with Crippen LogP contribution in [0, 0.1) is 13.8 Å². The summed E-state index contributed by atoms with van der Waals surface area (Å²) in [5.41, 5.74) is 4.22. The van der Waals surface area contributed by atoms with E-state index in [2.05, 4.69) is 42.2 Å². The zero-order valence-electron chi connectivity index (χ0n) is 13.4. The van der Waals surface area contributed by atoms with Gasteiger partial charge in [0.1, 0.15) is 12.3 Å². The van der Waals surface area contributed by atoms with E-state index in [9.17, 15) is 0 Å². The first-order chi connectivity index (χ1) is 10.7. The van der Waals surface area contributed by atoms with Crippen molar-refractivity contribution in [2.75, 3.05) is 26.2 Å². The molecule has 2 heterocycles. The third-order valence-electron chi connectivity index (χ3n) is 4.28. The molecule has 4 nitrogen and oxygen atoms in total. The Kier molecular flexibility index (Phi) is 4.59. The van der Waals surface area contributed by atoms with Crippen LogP contribution in [0.15, 0.2) is 46.1 Å². The summed E-state index contributed by atoms with van der Waals surface area (Å²) in [6.07, 6.45) is 3.47. The van der Waals surface area contributed by atoms with E-state index in [-0.39, 0.29) is 0 Å². The summed E-state index contributed by atoms with van der Waals surface area (Å²) in [5, 5.41) is 6.63. The van der Waals surface area contributed by atoms with Gasteiger partial charge >= 0.3 is 0 Å². The monoisotopic (exact) mass is 298 g/mol. The van der Waals surface area contributed by atoms with Crippen molar-refractivity contribution in [2.45, 2.75) is 20.4 Å². The molecule has 1 saturated heterocycles. The molecular formula is C18H24N3O+. The minimum atomic E-state index is 0.810. The molecule has 2 aromatic rings. The molecule has 0 bridgehead atoms. The van der Waals surface area contributed by atoms with Crippen LogP contribution in [0.5, 0.6) is 0 Å². The number of aryl methyl sites for hydroxylation is 2. The smallest absolute Gasteiger partial charge is 0.146 e. The lowest BCUT2D eigenvalue weighted by molar-refractivity contribution is -0.918. The molecule has 22 heavy (non-hydrogen) atoms. The number of quaternary nitrogens is 1. The van der Waals surface area contributed by atoms with E-state index in [0.717, 1.165) is 38.5 Å². The summed E-state index contributed by atoms with van der Waals surface area (Å²) in [6.45, 7) is 9.73. The van der Waals surface area contributed by atoms with Gasteiger partial charge in [-0.1, -0.05) is 23.8 Å². The largest absolute Gasteiger partial charge is 0.463 e. The summed E-state index contributed by atoms with van der Waals surface area (Å²) in [7, 11) is 0. The van der Waals surface area contributed by atoms with Gasteiger partial charge in [0, 0.05) is 5.56 Å². The fourth-order valence-corrected chi connectivity index (χ4v) is 2.92. The Morgan fingerprint density at radius 3 is 2.73 bits per heavy atom. The van der Waals surface area contributed by atoms with Crippen LogP contribution in [0.2, 0.25) is 0 Å². The number of hydrogen-bond acceptors (Lipinski definition) is 3. The van der Waals surface area contributed by atoms with Gasteiger partial charge in [0.15, 0.2) is 0 Å². The zero-order chi connectivity index (χ0) is 15.4. The number of rotatable bonds is 4. The lowest BCUT2D eigenvalue weighted by Crippen LogP contribution is -3.13. The molecule has 0 aliphatic carbocycles. The maximum atomic E-state index is 5.27. The van der Waals surface area contributed by atoms with Gasteiger partial charge in [0.2, 0.25) is 0 Å². The molecule has 0 unspecified atom stereocenters. The maximum Gasteiger partial charge on any atom is 0.146 e. The average Bonchev–Trinajstić information content (AvgIpc) is 3.03. The molecule has 116 valence electrons. The summed E-state index contributed by atoms with van der Waals surface area (Å²) < 4.78 is 5.27. The third kappa shape index (κ3) is 3.77. The van der Waals surface area contributed by atoms with Gasteiger partial charge in [-0.2, -0.15) is 5.10 Å². The fraction of sp³-hybridized carbons (Fsp3) is 0.389. The van der Waals surface area contributed by atoms with Crippen molar-refractivity contribution in [2.24, 2.45) is 5.10 Å². The Morgan fingerprint density at radius 1 is 1.23 bits per heavy atom. The highest BCUT2D eigenvalue weighted by molar-refractivity contribution is 5.75. The molecule has 1 aliphatic heterocycles. The van der Waals surface area contributed by atoms with Crippen molar-refractivity contribution < 1.29 is 9.32 Å². The Hall–Kier alpha value is -2.07. The van der Waals surface area contributed by atoms with Crippen LogP contribution in [-0.4, -0.2) is 37.4 Å². The highest BCUT2D eigenvalue weighted by Gasteiger charge is 2.19. The molecule has 0 atom stereocenters. The second-order valence-corrected chi connectivity index (χ2v) is 6.07. The third-order valence-corrected chi connectivity index (χ3v) is 4.28. The molecule has 0 saturated carbocycles. The van der Waals surface area contributed by atoms with Gasteiger partial charge in [-0.15, -0.1) is 0 Å². The minimum absolute atomic E-state index is 0.810. The number of nitrogens with one attached hydrogen (secondary N) is 1. The van der Waals surface area contributed by atoms with E-state index in [1.165, 1.54) is 16.7 Å². The highest BCUT2D eigenvalue weighted by atomic mass is 16.3. The van der Waals surface area contributed by atoms with Crippen LogP contribution in [0.25, 0.3) is 0 Å². The maximum absolute atomic E-state index is 5.27. The number of hydrogen-bond donors (Lipinski definition) is 1. The Labute approximate surface area is 132 Å². The molecular weight excluding hydrogens is 274 g/mol. The van der Waals surface area contributed by atoms with E-state index >= 15 is 0 Å². The molecule has 1 aromatic heterocycles. The average molecular weight is 298 g/mol. The Morgan fingerprint density at radius 2 is 2.05 bits per heavy atom. The molecule has 1 fully saturated rings. The zero-order valence-corrected chi connectivity index (χ0v) is 13.4. The van der Waals surface area contributed by atoms with Gasteiger partial charge in [0.05, 0.1) is 38.7 Å². The van der Waals surface area contributed by atoms with Gasteiger partial charge in [-0.25, -0.2) is 0 Å². The minimum Gasteiger partial charge on any atom is -0.463 e. The quantitative estimate of drug-likeness (QED) is 0.871. The summed E-state index contributed by atoms with van der Waals surface area (Å²) in [5.74, 6) is 0.810. The fourth-order valence-electron chi connectivity index (χ4n) is 2.92. The van der Waals surface area contributed by atoms with E-state index < -0.39 is 0 Å². The van der Waals surface area contributed by atoms with Gasteiger partial charge < -0.3 is 9.32 Å². The summed E-state index contributed by atoms with van der Waals surface area (Å²) in [6, 6.07) is 10.6. The van der Waals surface area contributed by atoms with Gasteiger partial charge in [0.25, 0.3) is 0 Å². The van der Waals surface area contributed by atoms with Crippen molar-refractivity contribution in [3.05, 3.63) is 59.0 Å². The van der Waals surface area contributed by atoms with Crippen LogP contribution in [0.3, 0.4) is 0 Å². The molecule has 1 aromatic carbocycles. The van der Waals surface area contributed by atoms with Crippen molar-refractivity contribution in [1.82, 2.24) is 5.01 Å². The molecule has 3 rings (SSSR count). The number of piperazine rings is 1. The van der Waals surface area contributed by atoms with E-state index in [1.807, 2.05) is 12.1 Å².